The van der Waals surface area contributed by atoms with Gasteiger partial charge in [0.25, 0.3) is 5.91 Å². The monoisotopic (exact) mass is 403 g/mol. The van der Waals surface area contributed by atoms with E-state index in [0.29, 0.717) is 18.7 Å². The molecule has 1 aliphatic heterocycles. The first-order chi connectivity index (χ1) is 13.6. The topological polar surface area (TPSA) is 103 Å². The summed E-state index contributed by atoms with van der Waals surface area (Å²) in [5, 5.41) is 19.0. The fraction of sp³-hybridized carbons (Fsp3) is 0.571. The zero-order valence-electron chi connectivity index (χ0n) is 17.5. The summed E-state index contributed by atoms with van der Waals surface area (Å²) in [5.74, 6) is 5.09. The molecule has 2 rings (SSSR count). The van der Waals surface area contributed by atoms with E-state index in [1.807, 2.05) is 6.92 Å². The molecule has 0 unspecified atom stereocenters. The van der Waals surface area contributed by atoms with E-state index >= 15 is 0 Å². The van der Waals surface area contributed by atoms with E-state index in [1.165, 1.54) is 13.1 Å². The Morgan fingerprint density at radius 3 is 2.76 bits per heavy atom. The van der Waals surface area contributed by atoms with Crippen LogP contribution in [0.2, 0.25) is 0 Å². The van der Waals surface area contributed by atoms with Gasteiger partial charge in [-0.1, -0.05) is 18.8 Å². The number of carbonyl (C=O) groups is 2. The molecule has 2 amide bonds. The van der Waals surface area contributed by atoms with Gasteiger partial charge < -0.3 is 24.7 Å². The highest BCUT2D eigenvalue weighted by Crippen LogP contribution is 2.27. The summed E-state index contributed by atoms with van der Waals surface area (Å²) in [6.45, 7) is 7.27. The van der Waals surface area contributed by atoms with Crippen LogP contribution < -0.4 is 4.74 Å². The first-order valence-corrected chi connectivity index (χ1v) is 9.63. The third-order valence-corrected chi connectivity index (χ3v) is 4.94. The molecular formula is C21H29N3O5. The minimum atomic E-state index is -0.804. The van der Waals surface area contributed by atoms with E-state index in [1.54, 1.807) is 36.8 Å². The summed E-state index contributed by atoms with van der Waals surface area (Å²) in [6.07, 6.45) is 0.299. The number of pyridine rings is 1. The van der Waals surface area contributed by atoms with Crippen molar-refractivity contribution in [1.29, 1.82) is 0 Å². The maximum absolute atomic E-state index is 13.2. The molecule has 158 valence electrons. The van der Waals surface area contributed by atoms with Crippen LogP contribution in [0.4, 0.5) is 0 Å². The van der Waals surface area contributed by atoms with E-state index in [0.717, 1.165) is 0 Å². The van der Waals surface area contributed by atoms with Gasteiger partial charge in [0.15, 0.2) is 0 Å². The van der Waals surface area contributed by atoms with Crippen molar-refractivity contribution in [2.75, 3.05) is 26.7 Å². The van der Waals surface area contributed by atoms with Crippen LogP contribution >= 0.6 is 0 Å². The molecule has 0 fully saturated rings. The largest absolute Gasteiger partial charge is 0.472 e. The normalized spacial score (nSPS) is 20.9. The van der Waals surface area contributed by atoms with Crippen molar-refractivity contribution >= 4 is 11.8 Å². The van der Waals surface area contributed by atoms with Crippen LogP contribution in [0.5, 0.6) is 5.88 Å². The zero-order chi connectivity index (χ0) is 21.7. The van der Waals surface area contributed by atoms with Crippen molar-refractivity contribution in [2.24, 2.45) is 5.92 Å². The van der Waals surface area contributed by atoms with Crippen molar-refractivity contribution in [2.45, 2.75) is 45.9 Å². The molecule has 0 saturated heterocycles. The number of likely N-dealkylation sites (N-methyl/N-ethyl adjacent to an activating group) is 1. The molecule has 1 aromatic heterocycles. The third kappa shape index (κ3) is 5.68. The molecule has 8 heteroatoms. The van der Waals surface area contributed by atoms with Gasteiger partial charge in [-0.3, -0.25) is 9.59 Å². The molecule has 0 radical (unpaired) electrons. The average Bonchev–Trinajstić information content (AvgIpc) is 2.68. The van der Waals surface area contributed by atoms with E-state index in [2.05, 4.69) is 16.8 Å². The van der Waals surface area contributed by atoms with Crippen LogP contribution in [0.1, 0.15) is 43.6 Å². The molecule has 8 nitrogen and oxygen atoms in total. The zero-order valence-corrected chi connectivity index (χ0v) is 17.5. The number of hydrogen-bond donors (Lipinski definition) is 2. The van der Waals surface area contributed by atoms with Gasteiger partial charge in [-0.15, -0.1) is 0 Å². The fourth-order valence-corrected chi connectivity index (χ4v) is 2.97. The van der Waals surface area contributed by atoms with Crippen molar-refractivity contribution in [3.63, 3.8) is 0 Å². The first kappa shape index (κ1) is 22.7. The van der Waals surface area contributed by atoms with Crippen molar-refractivity contribution < 1.29 is 24.5 Å². The van der Waals surface area contributed by atoms with Crippen LogP contribution in [0, 0.1) is 17.8 Å². The number of aliphatic hydroxyl groups is 2. The van der Waals surface area contributed by atoms with Gasteiger partial charge in [-0.2, -0.15) is 0 Å². The van der Waals surface area contributed by atoms with Crippen LogP contribution in [-0.2, 0) is 4.79 Å². The molecule has 0 aliphatic carbocycles. The van der Waals surface area contributed by atoms with E-state index in [9.17, 15) is 19.8 Å². The number of aliphatic hydroxyl groups excluding tert-OH is 2. The molecule has 2 N–H and O–H groups in total. The summed E-state index contributed by atoms with van der Waals surface area (Å²) in [4.78, 5) is 32.3. The number of fused-ring (bicyclic) bond motifs is 1. The number of ether oxygens (including phenoxy) is 1. The number of rotatable bonds is 4. The van der Waals surface area contributed by atoms with E-state index in [4.69, 9.17) is 4.74 Å². The lowest BCUT2D eigenvalue weighted by Crippen LogP contribution is -2.50. The van der Waals surface area contributed by atoms with Gasteiger partial charge >= 0.3 is 0 Å². The number of nitrogens with zero attached hydrogens (tertiary/aromatic N) is 3. The van der Waals surface area contributed by atoms with Gasteiger partial charge in [0.2, 0.25) is 11.8 Å². The molecule has 0 aromatic carbocycles. The molecule has 0 bridgehead atoms. The van der Waals surface area contributed by atoms with Gasteiger partial charge in [-0.05, 0) is 19.9 Å². The molecule has 0 spiro atoms. The number of amides is 2. The molecule has 1 aliphatic rings. The lowest BCUT2D eigenvalue weighted by molar-refractivity contribution is -0.129. The minimum Gasteiger partial charge on any atom is -0.472 e. The quantitative estimate of drug-likeness (QED) is 0.710. The van der Waals surface area contributed by atoms with Crippen LogP contribution in [0.25, 0.3) is 0 Å². The van der Waals surface area contributed by atoms with Crippen LogP contribution in [0.3, 0.4) is 0 Å². The number of aromatic nitrogens is 1. The Balaban J connectivity index is 2.49. The molecule has 29 heavy (non-hydrogen) atoms. The SMILES string of the molecule is CC(=O)N(C)C[C@@H]1Oc2ncc(C#C[C@@H](C)O)cc2C(=O)N([C@@H](C)CO)C[C@H]1C. The minimum absolute atomic E-state index is 0.0866. The van der Waals surface area contributed by atoms with Gasteiger partial charge in [0, 0.05) is 38.2 Å². The second-order valence-corrected chi connectivity index (χ2v) is 7.54. The average molecular weight is 403 g/mol. The van der Waals surface area contributed by atoms with Gasteiger partial charge in [-0.25, -0.2) is 4.98 Å². The lowest BCUT2D eigenvalue weighted by Gasteiger charge is -2.37. The first-order valence-electron chi connectivity index (χ1n) is 9.63. The third-order valence-electron chi connectivity index (χ3n) is 4.94. The lowest BCUT2D eigenvalue weighted by atomic mass is 10.00. The Hall–Kier alpha value is -2.63. The Bertz CT molecular complexity index is 814. The molecule has 0 saturated carbocycles. The highest BCUT2D eigenvalue weighted by Gasteiger charge is 2.34. The Morgan fingerprint density at radius 2 is 2.17 bits per heavy atom. The molecule has 1 aromatic rings. The van der Waals surface area contributed by atoms with Gasteiger partial charge in [0.05, 0.1) is 19.2 Å². The van der Waals surface area contributed by atoms with Crippen molar-refractivity contribution in [3.8, 4) is 17.7 Å². The standard InChI is InChI=1S/C21H29N3O5/c1-13-10-24(14(2)12-25)21(28)18-8-17(7-6-15(3)26)9-22-20(18)29-19(13)11-23(5)16(4)27/h8-9,13-15,19,25-26H,10-12H2,1-5H3/t13-,14+,15-,19+/m1/s1. The van der Waals surface area contributed by atoms with E-state index in [-0.39, 0.29) is 41.9 Å². The number of carbonyl (C=O) groups excluding carboxylic acids is 2. The Kier molecular flexibility index (Phi) is 7.59. The molecule has 4 atom stereocenters. The highest BCUT2D eigenvalue weighted by atomic mass is 16.5. The fourth-order valence-electron chi connectivity index (χ4n) is 2.97. The summed E-state index contributed by atoms with van der Waals surface area (Å²) < 4.78 is 6.07. The predicted molar refractivity (Wildman–Crippen MR) is 107 cm³/mol. The van der Waals surface area contributed by atoms with Crippen LogP contribution in [-0.4, -0.2) is 81.8 Å². The molecule has 2 heterocycles. The second kappa shape index (κ2) is 9.72. The maximum Gasteiger partial charge on any atom is 0.259 e. The van der Waals surface area contributed by atoms with Crippen molar-refractivity contribution in [1.82, 2.24) is 14.8 Å². The summed E-state index contributed by atoms with van der Waals surface area (Å²) in [7, 11) is 1.69. The summed E-state index contributed by atoms with van der Waals surface area (Å²) in [5.41, 5.74) is 0.717. The Morgan fingerprint density at radius 1 is 1.48 bits per heavy atom. The predicted octanol–water partition coefficient (Wildman–Crippen LogP) is 0.512. The van der Waals surface area contributed by atoms with E-state index < -0.39 is 12.1 Å². The van der Waals surface area contributed by atoms with Gasteiger partial charge in [0.1, 0.15) is 17.8 Å². The number of hydrogen-bond acceptors (Lipinski definition) is 6. The smallest absolute Gasteiger partial charge is 0.259 e. The van der Waals surface area contributed by atoms with Crippen LogP contribution in [0.15, 0.2) is 12.3 Å². The second-order valence-electron chi connectivity index (χ2n) is 7.54. The highest BCUT2D eigenvalue weighted by molar-refractivity contribution is 5.97. The summed E-state index contributed by atoms with van der Waals surface area (Å²) >= 11 is 0. The Labute approximate surface area is 171 Å². The summed E-state index contributed by atoms with van der Waals surface area (Å²) in [6, 6.07) is 1.19. The molecular weight excluding hydrogens is 374 g/mol. The maximum atomic E-state index is 13.2. The van der Waals surface area contributed by atoms with Crippen molar-refractivity contribution in [3.05, 3.63) is 23.4 Å².